The molecule has 1 atom stereocenters. The van der Waals surface area contributed by atoms with E-state index in [2.05, 4.69) is 25.5 Å². The SMILES string of the molecule is C[C@@H](Sc1n[nH]c(C(C)(C)C)n1)C(=O)Nc1ccc(Cl)cn1. The van der Waals surface area contributed by atoms with Gasteiger partial charge in [0.2, 0.25) is 11.1 Å². The average Bonchev–Trinajstić information content (AvgIpc) is 2.90. The lowest BCUT2D eigenvalue weighted by atomic mass is 9.96. The van der Waals surface area contributed by atoms with Gasteiger partial charge in [-0.15, -0.1) is 5.10 Å². The highest BCUT2D eigenvalue weighted by molar-refractivity contribution is 8.00. The van der Waals surface area contributed by atoms with E-state index in [1.165, 1.54) is 18.0 Å². The second-order valence-corrected chi connectivity index (χ2v) is 7.57. The summed E-state index contributed by atoms with van der Waals surface area (Å²) in [6, 6.07) is 3.33. The van der Waals surface area contributed by atoms with E-state index in [4.69, 9.17) is 11.6 Å². The highest BCUT2D eigenvalue weighted by Crippen LogP contribution is 2.24. The van der Waals surface area contributed by atoms with Crippen LogP contribution in [0.15, 0.2) is 23.5 Å². The van der Waals surface area contributed by atoms with Gasteiger partial charge in [-0.05, 0) is 19.1 Å². The number of rotatable bonds is 4. The molecule has 6 nitrogen and oxygen atoms in total. The second-order valence-electron chi connectivity index (χ2n) is 5.83. The van der Waals surface area contributed by atoms with Crippen LogP contribution >= 0.6 is 23.4 Å². The molecule has 1 amide bonds. The maximum atomic E-state index is 12.1. The fraction of sp³-hybridized carbons (Fsp3) is 0.429. The molecule has 118 valence electrons. The number of carbonyl (C=O) groups is 1. The molecule has 0 aliphatic rings. The van der Waals surface area contributed by atoms with E-state index in [0.717, 1.165) is 5.82 Å². The number of nitrogens with one attached hydrogen (secondary N) is 2. The van der Waals surface area contributed by atoms with Crippen LogP contribution in [0.3, 0.4) is 0 Å². The molecule has 2 N–H and O–H groups in total. The monoisotopic (exact) mass is 339 g/mol. The van der Waals surface area contributed by atoms with Crippen molar-refractivity contribution in [2.45, 2.75) is 43.5 Å². The number of nitrogens with zero attached hydrogens (tertiary/aromatic N) is 3. The van der Waals surface area contributed by atoms with Crippen molar-refractivity contribution in [3.63, 3.8) is 0 Å². The van der Waals surface area contributed by atoms with Crippen LogP contribution in [0.2, 0.25) is 5.02 Å². The maximum absolute atomic E-state index is 12.1. The van der Waals surface area contributed by atoms with E-state index in [1.54, 1.807) is 19.1 Å². The number of aromatic nitrogens is 4. The molecular weight excluding hydrogens is 322 g/mol. The average molecular weight is 340 g/mol. The summed E-state index contributed by atoms with van der Waals surface area (Å²) in [6.07, 6.45) is 1.49. The Balaban J connectivity index is 1.96. The van der Waals surface area contributed by atoms with E-state index in [1.807, 2.05) is 20.8 Å². The molecule has 0 spiro atoms. The van der Waals surface area contributed by atoms with Crippen molar-refractivity contribution in [2.75, 3.05) is 5.32 Å². The first-order chi connectivity index (χ1) is 10.3. The van der Waals surface area contributed by atoms with Gasteiger partial charge in [0.25, 0.3) is 0 Å². The highest BCUT2D eigenvalue weighted by Gasteiger charge is 2.21. The van der Waals surface area contributed by atoms with Crippen molar-refractivity contribution in [2.24, 2.45) is 0 Å². The van der Waals surface area contributed by atoms with E-state index in [9.17, 15) is 4.79 Å². The second kappa shape index (κ2) is 6.66. The summed E-state index contributed by atoms with van der Waals surface area (Å²) in [5.74, 6) is 1.09. The van der Waals surface area contributed by atoms with E-state index >= 15 is 0 Å². The largest absolute Gasteiger partial charge is 0.310 e. The van der Waals surface area contributed by atoms with Crippen molar-refractivity contribution in [3.05, 3.63) is 29.2 Å². The van der Waals surface area contributed by atoms with Crippen LogP contribution in [-0.2, 0) is 10.2 Å². The first-order valence-electron chi connectivity index (χ1n) is 6.77. The third-order valence-electron chi connectivity index (χ3n) is 2.81. The summed E-state index contributed by atoms with van der Waals surface area (Å²) in [5, 5.41) is 10.5. The van der Waals surface area contributed by atoms with Gasteiger partial charge in [-0.2, -0.15) is 0 Å². The highest BCUT2D eigenvalue weighted by atomic mass is 35.5. The number of anilines is 1. The fourth-order valence-electron chi connectivity index (χ4n) is 1.52. The lowest BCUT2D eigenvalue weighted by Gasteiger charge is -2.13. The van der Waals surface area contributed by atoms with Gasteiger partial charge in [0.05, 0.1) is 10.3 Å². The van der Waals surface area contributed by atoms with Gasteiger partial charge < -0.3 is 5.32 Å². The van der Waals surface area contributed by atoms with Gasteiger partial charge in [0.1, 0.15) is 11.6 Å². The summed E-state index contributed by atoms with van der Waals surface area (Å²) < 4.78 is 0. The van der Waals surface area contributed by atoms with Crippen molar-refractivity contribution >= 4 is 35.1 Å². The number of aromatic amines is 1. The molecule has 0 unspecified atom stereocenters. The van der Waals surface area contributed by atoms with Crippen LogP contribution in [0.1, 0.15) is 33.5 Å². The molecule has 0 aliphatic heterocycles. The van der Waals surface area contributed by atoms with Crippen molar-refractivity contribution in [1.29, 1.82) is 0 Å². The third kappa shape index (κ3) is 4.45. The normalized spacial score (nSPS) is 13.0. The zero-order valence-electron chi connectivity index (χ0n) is 12.8. The van der Waals surface area contributed by atoms with Gasteiger partial charge >= 0.3 is 0 Å². The summed E-state index contributed by atoms with van der Waals surface area (Å²) in [6.45, 7) is 7.93. The predicted molar refractivity (Wildman–Crippen MR) is 88.3 cm³/mol. The number of carbonyl (C=O) groups excluding carboxylic acids is 1. The molecule has 2 heterocycles. The van der Waals surface area contributed by atoms with E-state index < -0.39 is 0 Å². The lowest BCUT2D eigenvalue weighted by Crippen LogP contribution is -2.23. The molecule has 2 aromatic heterocycles. The molecule has 0 radical (unpaired) electrons. The minimum absolute atomic E-state index is 0.107. The predicted octanol–water partition coefficient (Wildman–Crippen LogP) is 3.27. The van der Waals surface area contributed by atoms with Crippen LogP contribution < -0.4 is 5.32 Å². The van der Waals surface area contributed by atoms with Gasteiger partial charge in [-0.1, -0.05) is 44.1 Å². The van der Waals surface area contributed by atoms with Gasteiger partial charge in [0.15, 0.2) is 0 Å². The Morgan fingerprint density at radius 1 is 1.41 bits per heavy atom. The summed E-state index contributed by atoms with van der Waals surface area (Å²) >= 11 is 7.05. The number of thioether (sulfide) groups is 1. The number of hydrogen-bond donors (Lipinski definition) is 2. The van der Waals surface area contributed by atoms with E-state index in [0.29, 0.717) is 16.0 Å². The summed E-state index contributed by atoms with van der Waals surface area (Å²) in [5.41, 5.74) is -0.107. The Labute approximate surface area is 138 Å². The smallest absolute Gasteiger partial charge is 0.238 e. The zero-order valence-corrected chi connectivity index (χ0v) is 14.4. The third-order valence-corrected chi connectivity index (χ3v) is 3.99. The Morgan fingerprint density at radius 3 is 2.68 bits per heavy atom. The van der Waals surface area contributed by atoms with Crippen LogP contribution in [0.4, 0.5) is 5.82 Å². The zero-order chi connectivity index (χ0) is 16.3. The fourth-order valence-corrected chi connectivity index (χ4v) is 2.36. The van der Waals surface area contributed by atoms with Crippen LogP contribution in [0.25, 0.3) is 0 Å². The number of H-pyrrole nitrogens is 1. The number of pyridine rings is 1. The van der Waals surface area contributed by atoms with Gasteiger partial charge in [-0.3, -0.25) is 9.89 Å². The molecule has 0 bridgehead atoms. The molecule has 0 fully saturated rings. The summed E-state index contributed by atoms with van der Waals surface area (Å²) in [7, 11) is 0. The number of amides is 1. The topological polar surface area (TPSA) is 83.6 Å². The standard InChI is InChI=1S/C14H18ClN5OS/c1-8(11(21)17-10-6-5-9(15)7-16-10)22-13-18-12(19-20-13)14(2,3)4/h5-8H,1-4H3,(H,16,17,21)(H,18,19,20)/t8-/m1/s1. The van der Waals surface area contributed by atoms with Crippen LogP contribution in [-0.4, -0.2) is 31.3 Å². The van der Waals surface area contributed by atoms with Crippen molar-refractivity contribution < 1.29 is 4.79 Å². The first-order valence-corrected chi connectivity index (χ1v) is 8.03. The van der Waals surface area contributed by atoms with Gasteiger partial charge in [-0.25, -0.2) is 9.97 Å². The van der Waals surface area contributed by atoms with E-state index in [-0.39, 0.29) is 16.6 Å². The van der Waals surface area contributed by atoms with Crippen LogP contribution in [0.5, 0.6) is 0 Å². The first kappa shape index (κ1) is 16.8. The molecule has 0 aliphatic carbocycles. The quantitative estimate of drug-likeness (QED) is 0.835. The van der Waals surface area contributed by atoms with Gasteiger partial charge in [0, 0.05) is 11.6 Å². The Bertz CT molecular complexity index is 650. The Hall–Kier alpha value is -1.60. The van der Waals surface area contributed by atoms with Crippen molar-refractivity contribution in [1.82, 2.24) is 20.2 Å². The maximum Gasteiger partial charge on any atom is 0.238 e. The van der Waals surface area contributed by atoms with Crippen LogP contribution in [0, 0.1) is 0 Å². The molecule has 8 heteroatoms. The molecule has 22 heavy (non-hydrogen) atoms. The lowest BCUT2D eigenvalue weighted by molar-refractivity contribution is -0.115. The minimum Gasteiger partial charge on any atom is -0.310 e. The number of hydrogen-bond acceptors (Lipinski definition) is 5. The molecule has 0 aromatic carbocycles. The minimum atomic E-state index is -0.346. The Morgan fingerprint density at radius 2 is 2.14 bits per heavy atom. The summed E-state index contributed by atoms with van der Waals surface area (Å²) in [4.78, 5) is 20.6. The molecule has 0 saturated heterocycles. The number of halogens is 1. The molecule has 2 aromatic rings. The van der Waals surface area contributed by atoms with Crippen molar-refractivity contribution in [3.8, 4) is 0 Å². The molecular formula is C14H18ClN5OS. The molecule has 0 saturated carbocycles. The Kier molecular flexibility index (Phi) is 5.08. The molecule has 2 rings (SSSR count).